The molecule has 0 aliphatic carbocycles. The minimum Gasteiger partial charge on any atom is -0.287 e. The Bertz CT molecular complexity index is 749. The molecule has 0 bridgehead atoms. The number of carbonyl (C=O) groups excluding carboxylic acids is 1. The zero-order valence-corrected chi connectivity index (χ0v) is 10.9. The second-order valence-corrected chi connectivity index (χ2v) is 4.39. The maximum atomic E-state index is 12.6. The maximum Gasteiger partial charge on any atom is 0.213 e. The lowest BCUT2D eigenvalue weighted by molar-refractivity contribution is 0.103. The van der Waals surface area contributed by atoms with Gasteiger partial charge in [-0.1, -0.05) is 23.4 Å². The normalized spacial score (nSPS) is 10.4. The molecule has 2 aromatic heterocycles. The number of pyridine rings is 1. The van der Waals surface area contributed by atoms with Gasteiger partial charge in [0.15, 0.2) is 0 Å². The maximum absolute atomic E-state index is 12.6. The van der Waals surface area contributed by atoms with Gasteiger partial charge in [-0.3, -0.25) is 9.78 Å². The zero-order chi connectivity index (χ0) is 13.9. The smallest absolute Gasteiger partial charge is 0.213 e. The summed E-state index contributed by atoms with van der Waals surface area (Å²) in [6, 6.07) is 11.2. The number of nitrogens with zero attached hydrogens (tertiary/aromatic N) is 4. The van der Waals surface area contributed by atoms with Crippen molar-refractivity contribution in [3.05, 3.63) is 71.8 Å². The third kappa shape index (κ3) is 2.09. The summed E-state index contributed by atoms with van der Waals surface area (Å²) in [5.74, 6) is -0.112. The average Bonchev–Trinajstić information content (AvgIpc) is 2.97. The van der Waals surface area contributed by atoms with Crippen molar-refractivity contribution >= 4 is 5.78 Å². The number of aryl methyl sites for hydroxylation is 1. The highest BCUT2D eigenvalue weighted by molar-refractivity contribution is 6.08. The van der Waals surface area contributed by atoms with Gasteiger partial charge in [0, 0.05) is 18.0 Å². The van der Waals surface area contributed by atoms with Gasteiger partial charge in [-0.2, -0.15) is 0 Å². The summed E-state index contributed by atoms with van der Waals surface area (Å²) in [4.78, 5) is 16.6. The van der Waals surface area contributed by atoms with Gasteiger partial charge >= 0.3 is 0 Å². The second kappa shape index (κ2) is 5.05. The summed E-state index contributed by atoms with van der Waals surface area (Å²) in [5.41, 5.74) is 2.68. The minimum absolute atomic E-state index is 0.112. The molecule has 0 fully saturated rings. The highest BCUT2D eigenvalue weighted by atomic mass is 16.1. The summed E-state index contributed by atoms with van der Waals surface area (Å²) in [6.07, 6.45) is 4.76. The van der Waals surface area contributed by atoms with Crippen LogP contribution >= 0.6 is 0 Å². The van der Waals surface area contributed by atoms with E-state index in [0.717, 1.165) is 11.3 Å². The number of para-hydroxylation sites is 1. The molecule has 0 N–H and O–H groups in total. The van der Waals surface area contributed by atoms with Crippen molar-refractivity contribution in [2.75, 3.05) is 0 Å². The molecule has 98 valence electrons. The lowest BCUT2D eigenvalue weighted by atomic mass is 10.1. The van der Waals surface area contributed by atoms with Crippen LogP contribution in [0, 0.1) is 6.92 Å². The molecule has 3 aromatic rings. The van der Waals surface area contributed by atoms with E-state index < -0.39 is 0 Å². The lowest BCUT2D eigenvalue weighted by Crippen LogP contribution is -2.11. The van der Waals surface area contributed by atoms with Gasteiger partial charge in [0.25, 0.3) is 0 Å². The van der Waals surface area contributed by atoms with Crippen LogP contribution in [0.25, 0.3) is 5.69 Å². The fourth-order valence-electron chi connectivity index (χ4n) is 2.02. The molecular weight excluding hydrogens is 252 g/mol. The van der Waals surface area contributed by atoms with Crippen LogP contribution in [0.3, 0.4) is 0 Å². The fraction of sp³-hybridized carbons (Fsp3) is 0.0667. The average molecular weight is 264 g/mol. The van der Waals surface area contributed by atoms with Crippen LogP contribution in [0.15, 0.2) is 55.0 Å². The molecule has 2 heterocycles. The molecule has 0 aliphatic heterocycles. The van der Waals surface area contributed by atoms with E-state index in [2.05, 4.69) is 15.3 Å². The topological polar surface area (TPSA) is 60.7 Å². The van der Waals surface area contributed by atoms with Crippen LogP contribution in [0.5, 0.6) is 0 Å². The SMILES string of the molecule is Cc1cnccc1C(=O)c1cnnn1-c1ccccc1. The molecule has 0 saturated heterocycles. The Kier molecular flexibility index (Phi) is 3.09. The van der Waals surface area contributed by atoms with Gasteiger partial charge in [-0.15, -0.1) is 5.10 Å². The van der Waals surface area contributed by atoms with E-state index in [9.17, 15) is 4.79 Å². The number of hydrogen-bond acceptors (Lipinski definition) is 4. The summed E-state index contributed by atoms with van der Waals surface area (Å²) >= 11 is 0. The predicted molar refractivity (Wildman–Crippen MR) is 73.8 cm³/mol. The summed E-state index contributed by atoms with van der Waals surface area (Å²) in [7, 11) is 0. The van der Waals surface area contributed by atoms with Gasteiger partial charge in [0.1, 0.15) is 5.69 Å². The molecule has 0 aliphatic rings. The fourth-order valence-corrected chi connectivity index (χ4v) is 2.02. The molecule has 20 heavy (non-hydrogen) atoms. The minimum atomic E-state index is -0.112. The van der Waals surface area contributed by atoms with Gasteiger partial charge in [0.05, 0.1) is 11.9 Å². The van der Waals surface area contributed by atoms with E-state index in [1.165, 1.54) is 6.20 Å². The molecule has 0 amide bonds. The largest absolute Gasteiger partial charge is 0.287 e. The van der Waals surface area contributed by atoms with Crippen LogP contribution in [0.4, 0.5) is 0 Å². The Morgan fingerprint density at radius 1 is 1.10 bits per heavy atom. The molecule has 0 saturated carbocycles. The van der Waals surface area contributed by atoms with E-state index in [1.807, 2.05) is 37.3 Å². The summed E-state index contributed by atoms with van der Waals surface area (Å²) < 4.78 is 1.54. The summed E-state index contributed by atoms with van der Waals surface area (Å²) in [5, 5.41) is 7.84. The third-order valence-electron chi connectivity index (χ3n) is 3.05. The Morgan fingerprint density at radius 3 is 2.65 bits per heavy atom. The second-order valence-electron chi connectivity index (χ2n) is 4.39. The number of hydrogen-bond donors (Lipinski definition) is 0. The first kappa shape index (κ1) is 12.2. The molecule has 3 rings (SSSR count). The van der Waals surface area contributed by atoms with Crippen molar-refractivity contribution in [3.63, 3.8) is 0 Å². The van der Waals surface area contributed by atoms with E-state index in [0.29, 0.717) is 11.3 Å². The standard InChI is InChI=1S/C15H12N4O/c1-11-9-16-8-7-13(11)15(20)14-10-17-18-19(14)12-5-3-2-4-6-12/h2-10H,1H3. The predicted octanol–water partition coefficient (Wildman–Crippen LogP) is 2.20. The molecule has 0 radical (unpaired) electrons. The van der Waals surface area contributed by atoms with Crippen LogP contribution in [-0.2, 0) is 0 Å². The first-order chi connectivity index (χ1) is 9.77. The molecule has 5 heteroatoms. The quantitative estimate of drug-likeness (QED) is 0.680. The van der Waals surface area contributed by atoms with Crippen molar-refractivity contribution in [3.8, 4) is 5.69 Å². The van der Waals surface area contributed by atoms with Crippen LogP contribution < -0.4 is 0 Å². The molecule has 0 spiro atoms. The van der Waals surface area contributed by atoms with Crippen molar-refractivity contribution in [2.45, 2.75) is 6.92 Å². The number of benzene rings is 1. The van der Waals surface area contributed by atoms with Crippen LogP contribution in [0.2, 0.25) is 0 Å². The van der Waals surface area contributed by atoms with Gasteiger partial charge < -0.3 is 0 Å². The molecule has 0 unspecified atom stereocenters. The number of ketones is 1. The Labute approximate surface area is 115 Å². The number of carbonyl (C=O) groups is 1. The molecule has 5 nitrogen and oxygen atoms in total. The van der Waals surface area contributed by atoms with Crippen LogP contribution in [0.1, 0.15) is 21.6 Å². The van der Waals surface area contributed by atoms with Gasteiger partial charge in [-0.25, -0.2) is 4.68 Å². The number of aromatic nitrogens is 4. The number of rotatable bonds is 3. The van der Waals surface area contributed by atoms with Gasteiger partial charge in [0.2, 0.25) is 5.78 Å². The Balaban J connectivity index is 2.07. The van der Waals surface area contributed by atoms with Gasteiger partial charge in [-0.05, 0) is 30.7 Å². The Hall–Kier alpha value is -2.82. The van der Waals surface area contributed by atoms with Crippen molar-refractivity contribution in [2.24, 2.45) is 0 Å². The molecule has 0 atom stereocenters. The molecule has 1 aromatic carbocycles. The van der Waals surface area contributed by atoms with Crippen molar-refractivity contribution in [1.29, 1.82) is 0 Å². The Morgan fingerprint density at radius 2 is 1.90 bits per heavy atom. The van der Waals surface area contributed by atoms with Crippen LogP contribution in [-0.4, -0.2) is 25.8 Å². The lowest BCUT2D eigenvalue weighted by Gasteiger charge is -2.06. The van der Waals surface area contributed by atoms with E-state index in [4.69, 9.17) is 0 Å². The van der Waals surface area contributed by atoms with Crippen molar-refractivity contribution < 1.29 is 4.79 Å². The highest BCUT2D eigenvalue weighted by Crippen LogP contribution is 2.15. The first-order valence-corrected chi connectivity index (χ1v) is 6.19. The third-order valence-corrected chi connectivity index (χ3v) is 3.05. The molecular formula is C15H12N4O. The highest BCUT2D eigenvalue weighted by Gasteiger charge is 2.17. The van der Waals surface area contributed by atoms with E-state index in [-0.39, 0.29) is 5.78 Å². The first-order valence-electron chi connectivity index (χ1n) is 6.19. The monoisotopic (exact) mass is 264 g/mol. The van der Waals surface area contributed by atoms with Crippen molar-refractivity contribution in [1.82, 2.24) is 20.0 Å². The van der Waals surface area contributed by atoms with E-state index in [1.54, 1.807) is 23.1 Å². The summed E-state index contributed by atoms with van der Waals surface area (Å²) in [6.45, 7) is 1.86. The van der Waals surface area contributed by atoms with E-state index >= 15 is 0 Å². The zero-order valence-electron chi connectivity index (χ0n) is 10.9.